The molecule has 140 valence electrons. The lowest BCUT2D eigenvalue weighted by molar-refractivity contribution is 0.0668. The van der Waals surface area contributed by atoms with Crippen molar-refractivity contribution in [3.63, 3.8) is 0 Å². The fourth-order valence-electron chi connectivity index (χ4n) is 3.34. The summed E-state index contributed by atoms with van der Waals surface area (Å²) in [4.78, 5) is 19.1. The third-order valence-corrected chi connectivity index (χ3v) is 4.71. The van der Waals surface area contributed by atoms with E-state index in [1.165, 1.54) is 0 Å². The molecule has 7 nitrogen and oxygen atoms in total. The minimum Gasteiger partial charge on any atom is -0.487 e. The Morgan fingerprint density at radius 1 is 1.04 bits per heavy atom. The number of oxazole rings is 1. The van der Waals surface area contributed by atoms with E-state index in [-0.39, 0.29) is 5.91 Å². The quantitative estimate of drug-likeness (QED) is 0.536. The second-order valence-corrected chi connectivity index (χ2v) is 6.65. The monoisotopic (exact) mass is 374 g/mol. The number of para-hydroxylation sites is 3. The number of hydrogen-bond acceptors (Lipinski definition) is 5. The summed E-state index contributed by atoms with van der Waals surface area (Å²) < 4.78 is 13.2. The topological polar surface area (TPSA) is 73.4 Å². The first-order valence-electron chi connectivity index (χ1n) is 9.14. The predicted molar refractivity (Wildman–Crippen MR) is 102 cm³/mol. The molecule has 0 radical (unpaired) electrons. The van der Waals surface area contributed by atoms with Crippen LogP contribution in [-0.2, 0) is 19.7 Å². The third-order valence-electron chi connectivity index (χ3n) is 4.71. The molecule has 0 saturated heterocycles. The number of rotatable bonds is 5. The number of nitrogens with zero attached hydrogens (tertiary/aromatic N) is 4. The smallest absolute Gasteiger partial charge is 0.272 e. The van der Waals surface area contributed by atoms with Crippen LogP contribution in [0.25, 0.3) is 11.1 Å². The van der Waals surface area contributed by atoms with Crippen LogP contribution in [0.15, 0.2) is 65.1 Å². The van der Waals surface area contributed by atoms with Crippen molar-refractivity contribution < 1.29 is 13.9 Å². The fourth-order valence-corrected chi connectivity index (χ4v) is 3.34. The van der Waals surface area contributed by atoms with E-state index in [9.17, 15) is 4.79 Å². The third kappa shape index (κ3) is 3.11. The van der Waals surface area contributed by atoms with E-state index in [1.54, 1.807) is 15.6 Å². The molecule has 2 aromatic heterocycles. The minimum atomic E-state index is -0.0769. The molecule has 0 fully saturated rings. The van der Waals surface area contributed by atoms with Gasteiger partial charge in [-0.1, -0.05) is 30.3 Å². The summed E-state index contributed by atoms with van der Waals surface area (Å²) in [6.07, 6.45) is 0. The van der Waals surface area contributed by atoms with E-state index < -0.39 is 0 Å². The van der Waals surface area contributed by atoms with Crippen LogP contribution in [0.2, 0.25) is 0 Å². The lowest BCUT2D eigenvalue weighted by Crippen LogP contribution is -2.39. The zero-order valence-electron chi connectivity index (χ0n) is 15.1. The van der Waals surface area contributed by atoms with E-state index >= 15 is 0 Å². The maximum atomic E-state index is 12.9. The second kappa shape index (κ2) is 6.84. The van der Waals surface area contributed by atoms with Crippen molar-refractivity contribution in [1.82, 2.24) is 19.7 Å². The summed E-state index contributed by atoms with van der Waals surface area (Å²) in [5, 5.41) is 4.50. The second-order valence-electron chi connectivity index (χ2n) is 6.65. The van der Waals surface area contributed by atoms with Crippen LogP contribution >= 0.6 is 0 Å². The van der Waals surface area contributed by atoms with Crippen LogP contribution < -0.4 is 4.74 Å². The van der Waals surface area contributed by atoms with Crippen LogP contribution in [0.1, 0.15) is 22.1 Å². The van der Waals surface area contributed by atoms with Crippen molar-refractivity contribution in [3.8, 4) is 5.75 Å². The molecule has 0 aliphatic carbocycles. The van der Waals surface area contributed by atoms with Crippen molar-refractivity contribution in [2.45, 2.75) is 19.7 Å². The van der Waals surface area contributed by atoms with Crippen molar-refractivity contribution in [1.29, 1.82) is 0 Å². The Bertz CT molecular complexity index is 1100. The van der Waals surface area contributed by atoms with Gasteiger partial charge in [0.2, 0.25) is 5.89 Å². The summed E-state index contributed by atoms with van der Waals surface area (Å²) in [5.74, 6) is 1.24. The highest BCUT2D eigenvalue weighted by atomic mass is 16.5. The Morgan fingerprint density at radius 2 is 1.86 bits per heavy atom. The molecular weight excluding hydrogens is 356 g/mol. The molecule has 1 amide bonds. The van der Waals surface area contributed by atoms with Crippen LogP contribution in [0, 0.1) is 0 Å². The Labute approximate surface area is 161 Å². The van der Waals surface area contributed by atoms with Gasteiger partial charge in [-0.2, -0.15) is 5.10 Å². The number of amides is 1. The molecule has 0 atom stereocenters. The number of carbonyl (C=O) groups is 1. The van der Waals surface area contributed by atoms with Gasteiger partial charge in [-0.3, -0.25) is 9.48 Å². The predicted octanol–water partition coefficient (Wildman–Crippen LogP) is 3.26. The van der Waals surface area contributed by atoms with Gasteiger partial charge < -0.3 is 14.1 Å². The van der Waals surface area contributed by atoms with Crippen molar-refractivity contribution in [2.24, 2.45) is 0 Å². The molecule has 0 bridgehead atoms. The number of carbonyl (C=O) groups excluding carboxylic acids is 1. The van der Waals surface area contributed by atoms with Gasteiger partial charge >= 0.3 is 0 Å². The van der Waals surface area contributed by atoms with Gasteiger partial charge in [0.05, 0.1) is 13.1 Å². The van der Waals surface area contributed by atoms with Crippen LogP contribution in [0.5, 0.6) is 5.75 Å². The molecule has 0 spiro atoms. The number of aromatic nitrogens is 3. The van der Waals surface area contributed by atoms with E-state index in [1.807, 2.05) is 54.6 Å². The summed E-state index contributed by atoms with van der Waals surface area (Å²) >= 11 is 0. The zero-order valence-corrected chi connectivity index (χ0v) is 15.1. The van der Waals surface area contributed by atoms with Gasteiger partial charge in [0.1, 0.15) is 29.3 Å². The maximum absolute atomic E-state index is 12.9. The fraction of sp³-hybridized carbons (Fsp3) is 0.190. The van der Waals surface area contributed by atoms with Gasteiger partial charge in [0.25, 0.3) is 5.91 Å². The molecule has 1 aliphatic heterocycles. The Hall–Kier alpha value is -3.61. The Kier molecular flexibility index (Phi) is 4.05. The molecule has 1 aliphatic rings. The van der Waals surface area contributed by atoms with Gasteiger partial charge in [-0.25, -0.2) is 4.98 Å². The van der Waals surface area contributed by atoms with Crippen LogP contribution in [0.3, 0.4) is 0 Å². The number of ether oxygens (including phenoxy) is 1. The number of fused-ring (bicyclic) bond motifs is 2. The minimum absolute atomic E-state index is 0.0769. The summed E-state index contributed by atoms with van der Waals surface area (Å²) in [5.41, 5.74) is 2.82. The SMILES string of the molecule is O=C1c2cc(COc3ccccc3)nn2CCN1Cc1nc2ccccc2o1. The molecule has 3 heterocycles. The average molecular weight is 374 g/mol. The molecular formula is C21H18N4O3. The van der Waals surface area contributed by atoms with E-state index in [4.69, 9.17) is 9.15 Å². The number of benzene rings is 2. The molecule has 28 heavy (non-hydrogen) atoms. The molecule has 0 N–H and O–H groups in total. The maximum Gasteiger partial charge on any atom is 0.272 e. The molecule has 0 unspecified atom stereocenters. The lowest BCUT2D eigenvalue weighted by atomic mass is 10.2. The van der Waals surface area contributed by atoms with Gasteiger partial charge in [-0.05, 0) is 30.3 Å². The van der Waals surface area contributed by atoms with Crippen LogP contribution in [0.4, 0.5) is 0 Å². The first-order valence-corrected chi connectivity index (χ1v) is 9.14. The summed E-state index contributed by atoms with van der Waals surface area (Å²) in [6, 6.07) is 18.9. The van der Waals surface area contributed by atoms with Gasteiger partial charge in [0, 0.05) is 6.54 Å². The molecule has 4 aromatic rings. The highest BCUT2D eigenvalue weighted by Gasteiger charge is 2.27. The van der Waals surface area contributed by atoms with E-state index in [0.29, 0.717) is 37.8 Å². The highest BCUT2D eigenvalue weighted by molar-refractivity contribution is 5.93. The largest absolute Gasteiger partial charge is 0.487 e. The first kappa shape index (κ1) is 16.6. The standard InChI is InChI=1S/C21H18N4O3/c26-21-18-12-15(14-27-16-6-2-1-3-7-16)23-25(18)11-10-24(21)13-20-22-17-8-4-5-9-19(17)28-20/h1-9,12H,10-11,13-14H2. The lowest BCUT2D eigenvalue weighted by Gasteiger charge is -2.26. The summed E-state index contributed by atoms with van der Waals surface area (Å²) in [7, 11) is 0. The first-order chi connectivity index (χ1) is 13.8. The normalized spacial score (nSPS) is 13.7. The van der Waals surface area contributed by atoms with Crippen molar-refractivity contribution >= 4 is 17.0 Å². The molecule has 7 heteroatoms. The summed E-state index contributed by atoms with van der Waals surface area (Å²) in [6.45, 7) is 1.86. The molecule has 5 rings (SSSR count). The van der Waals surface area contributed by atoms with Gasteiger partial charge in [0.15, 0.2) is 5.58 Å². The zero-order chi connectivity index (χ0) is 18.9. The molecule has 2 aromatic carbocycles. The Balaban J connectivity index is 1.30. The van der Waals surface area contributed by atoms with Gasteiger partial charge in [-0.15, -0.1) is 0 Å². The van der Waals surface area contributed by atoms with Crippen LogP contribution in [-0.4, -0.2) is 32.1 Å². The van der Waals surface area contributed by atoms with E-state index in [0.717, 1.165) is 22.5 Å². The van der Waals surface area contributed by atoms with E-state index in [2.05, 4.69) is 10.1 Å². The average Bonchev–Trinajstić information content (AvgIpc) is 3.33. The molecule has 0 saturated carbocycles. The number of hydrogen-bond donors (Lipinski definition) is 0. The van der Waals surface area contributed by atoms with Crippen molar-refractivity contribution in [2.75, 3.05) is 6.54 Å². The Morgan fingerprint density at radius 3 is 2.71 bits per heavy atom. The highest BCUT2D eigenvalue weighted by Crippen LogP contribution is 2.20. The van der Waals surface area contributed by atoms with Crippen molar-refractivity contribution in [3.05, 3.63) is 77.9 Å².